The Bertz CT molecular complexity index is 543. The summed E-state index contributed by atoms with van der Waals surface area (Å²) in [5.41, 5.74) is 0.677. The number of nitrogens with zero attached hydrogens (tertiary/aromatic N) is 1. The minimum Gasteiger partial charge on any atom is -0.493 e. The van der Waals surface area contributed by atoms with Gasteiger partial charge in [0.25, 0.3) is 0 Å². The van der Waals surface area contributed by atoms with E-state index in [9.17, 15) is 4.79 Å². The number of morpholine rings is 1. The van der Waals surface area contributed by atoms with Crippen LogP contribution >= 0.6 is 0 Å². The Morgan fingerprint density at radius 2 is 2.16 bits per heavy atom. The molecule has 1 fully saturated rings. The average molecular weight is 351 g/mol. The fourth-order valence-corrected chi connectivity index (χ4v) is 2.65. The molecule has 7 heteroatoms. The zero-order valence-electron chi connectivity index (χ0n) is 15.3. The van der Waals surface area contributed by atoms with Gasteiger partial charge in [0, 0.05) is 24.8 Å². The van der Waals surface area contributed by atoms with Gasteiger partial charge in [0.15, 0.2) is 11.5 Å². The number of ether oxygens (including phenoxy) is 3. The molecule has 1 saturated heterocycles. The van der Waals surface area contributed by atoms with Crippen molar-refractivity contribution in [2.75, 3.05) is 58.4 Å². The van der Waals surface area contributed by atoms with Crippen molar-refractivity contribution < 1.29 is 19.0 Å². The third kappa shape index (κ3) is 5.88. The summed E-state index contributed by atoms with van der Waals surface area (Å²) in [5.74, 6) is 1.16. The summed E-state index contributed by atoms with van der Waals surface area (Å²) in [6.07, 6.45) is 0. The second kappa shape index (κ2) is 10.2. The Morgan fingerprint density at radius 1 is 1.36 bits per heavy atom. The van der Waals surface area contributed by atoms with Gasteiger partial charge in [-0.1, -0.05) is 13.8 Å². The molecule has 25 heavy (non-hydrogen) atoms. The van der Waals surface area contributed by atoms with Gasteiger partial charge in [-0.3, -0.25) is 4.79 Å². The molecule has 1 aromatic carbocycles. The first-order chi connectivity index (χ1) is 12.2. The molecule has 0 radical (unpaired) electrons. The number of anilines is 1. The second-order valence-electron chi connectivity index (χ2n) is 5.81. The number of amides is 1. The van der Waals surface area contributed by atoms with Crippen molar-refractivity contribution >= 4 is 11.6 Å². The van der Waals surface area contributed by atoms with E-state index in [0.29, 0.717) is 43.6 Å². The minimum absolute atomic E-state index is 0.112. The quantitative estimate of drug-likeness (QED) is 0.700. The third-order valence-corrected chi connectivity index (χ3v) is 4.23. The highest BCUT2D eigenvalue weighted by atomic mass is 16.5. The first-order valence-electron chi connectivity index (χ1n) is 8.83. The van der Waals surface area contributed by atoms with E-state index in [-0.39, 0.29) is 11.9 Å². The number of carbonyl (C=O) groups is 1. The number of methoxy groups -OCH3 is 1. The molecule has 2 N–H and O–H groups in total. The summed E-state index contributed by atoms with van der Waals surface area (Å²) >= 11 is 0. The average Bonchev–Trinajstić information content (AvgIpc) is 2.66. The van der Waals surface area contributed by atoms with Crippen molar-refractivity contribution in [3.05, 3.63) is 18.2 Å². The van der Waals surface area contributed by atoms with Crippen molar-refractivity contribution in [3.63, 3.8) is 0 Å². The van der Waals surface area contributed by atoms with E-state index in [2.05, 4.69) is 29.4 Å². The third-order valence-electron chi connectivity index (χ3n) is 4.23. The molecular formula is C18H29N3O4. The lowest BCUT2D eigenvalue weighted by molar-refractivity contribution is -0.120. The Kier molecular flexibility index (Phi) is 7.97. The Morgan fingerprint density at radius 3 is 2.80 bits per heavy atom. The van der Waals surface area contributed by atoms with Crippen molar-refractivity contribution in [1.82, 2.24) is 10.2 Å². The number of nitrogens with one attached hydrogen (secondary N) is 2. The highest BCUT2D eigenvalue weighted by Crippen LogP contribution is 2.30. The topological polar surface area (TPSA) is 72.1 Å². The Hall–Kier alpha value is -1.83. The molecule has 140 valence electrons. The first-order valence-corrected chi connectivity index (χ1v) is 8.83. The number of hydrogen-bond donors (Lipinski definition) is 2. The van der Waals surface area contributed by atoms with E-state index >= 15 is 0 Å². The summed E-state index contributed by atoms with van der Waals surface area (Å²) in [4.78, 5) is 14.6. The standard InChI is InChI=1S/C18H29N3O4/c1-4-21(5-2)9-11-25-17-12-14(6-7-16(17)23-3)20-18(22)15-13-24-10-8-19-15/h6-7,12,15,19H,4-5,8-11,13H2,1-3H3,(H,20,22). The van der Waals surface area contributed by atoms with Crippen LogP contribution < -0.4 is 20.1 Å². The van der Waals surface area contributed by atoms with Gasteiger partial charge < -0.3 is 29.7 Å². The van der Waals surface area contributed by atoms with E-state index in [0.717, 1.165) is 19.6 Å². The van der Waals surface area contributed by atoms with Crippen LogP contribution in [0.25, 0.3) is 0 Å². The van der Waals surface area contributed by atoms with Crippen LogP contribution in [0.4, 0.5) is 5.69 Å². The number of benzene rings is 1. The first kappa shape index (κ1) is 19.5. The lowest BCUT2D eigenvalue weighted by atomic mass is 10.2. The van der Waals surface area contributed by atoms with Crippen LogP contribution in [-0.4, -0.2) is 70.0 Å². The Balaban J connectivity index is 1.96. The highest BCUT2D eigenvalue weighted by Gasteiger charge is 2.21. The molecule has 1 atom stereocenters. The molecule has 0 saturated carbocycles. The molecular weight excluding hydrogens is 322 g/mol. The molecule has 2 rings (SSSR count). The van der Waals surface area contributed by atoms with Crippen LogP contribution in [0.3, 0.4) is 0 Å². The summed E-state index contributed by atoms with van der Waals surface area (Å²) < 4.78 is 16.5. The predicted molar refractivity (Wildman–Crippen MR) is 97.5 cm³/mol. The number of hydrogen-bond acceptors (Lipinski definition) is 6. The predicted octanol–water partition coefficient (Wildman–Crippen LogP) is 1.34. The van der Waals surface area contributed by atoms with Gasteiger partial charge in [0.05, 0.1) is 20.3 Å². The number of likely N-dealkylation sites (N-methyl/N-ethyl adjacent to an activating group) is 1. The van der Waals surface area contributed by atoms with Crippen molar-refractivity contribution in [3.8, 4) is 11.5 Å². The second-order valence-corrected chi connectivity index (χ2v) is 5.81. The molecule has 1 amide bonds. The van der Waals surface area contributed by atoms with Crippen LogP contribution in [-0.2, 0) is 9.53 Å². The zero-order valence-corrected chi connectivity index (χ0v) is 15.3. The van der Waals surface area contributed by atoms with Crippen molar-refractivity contribution in [2.45, 2.75) is 19.9 Å². The van der Waals surface area contributed by atoms with E-state index in [1.807, 2.05) is 0 Å². The van der Waals surface area contributed by atoms with Crippen LogP contribution in [0.2, 0.25) is 0 Å². The Labute approximate surface area is 149 Å². The summed E-state index contributed by atoms with van der Waals surface area (Å²) in [6.45, 7) is 9.34. The number of carbonyl (C=O) groups excluding carboxylic acids is 1. The maximum Gasteiger partial charge on any atom is 0.243 e. The fraction of sp³-hybridized carbons (Fsp3) is 0.611. The monoisotopic (exact) mass is 351 g/mol. The normalized spacial score (nSPS) is 17.4. The molecule has 7 nitrogen and oxygen atoms in total. The largest absolute Gasteiger partial charge is 0.493 e. The van der Waals surface area contributed by atoms with E-state index in [4.69, 9.17) is 14.2 Å². The zero-order chi connectivity index (χ0) is 18.1. The molecule has 0 bridgehead atoms. The summed E-state index contributed by atoms with van der Waals surface area (Å²) in [6, 6.07) is 5.07. The summed E-state index contributed by atoms with van der Waals surface area (Å²) in [5, 5.41) is 6.03. The lowest BCUT2D eigenvalue weighted by Gasteiger charge is -2.23. The molecule has 0 aliphatic carbocycles. The van der Waals surface area contributed by atoms with Gasteiger partial charge in [0.2, 0.25) is 5.91 Å². The van der Waals surface area contributed by atoms with E-state index < -0.39 is 0 Å². The lowest BCUT2D eigenvalue weighted by Crippen LogP contribution is -2.48. The highest BCUT2D eigenvalue weighted by molar-refractivity contribution is 5.95. The van der Waals surface area contributed by atoms with Gasteiger partial charge in [0.1, 0.15) is 12.6 Å². The van der Waals surface area contributed by atoms with Crippen molar-refractivity contribution in [2.24, 2.45) is 0 Å². The molecule has 0 spiro atoms. The maximum absolute atomic E-state index is 12.3. The van der Waals surface area contributed by atoms with Crippen LogP contribution in [0.15, 0.2) is 18.2 Å². The minimum atomic E-state index is -0.331. The van der Waals surface area contributed by atoms with Crippen molar-refractivity contribution in [1.29, 1.82) is 0 Å². The maximum atomic E-state index is 12.3. The van der Waals surface area contributed by atoms with Gasteiger partial charge >= 0.3 is 0 Å². The SMILES string of the molecule is CCN(CC)CCOc1cc(NC(=O)C2COCCN2)ccc1OC. The van der Waals surface area contributed by atoms with Gasteiger partial charge in [-0.15, -0.1) is 0 Å². The molecule has 0 aromatic heterocycles. The molecule has 1 unspecified atom stereocenters. The number of rotatable bonds is 9. The van der Waals surface area contributed by atoms with Gasteiger partial charge in [-0.25, -0.2) is 0 Å². The summed E-state index contributed by atoms with van der Waals surface area (Å²) in [7, 11) is 1.61. The van der Waals surface area contributed by atoms with E-state index in [1.54, 1.807) is 25.3 Å². The smallest absolute Gasteiger partial charge is 0.243 e. The van der Waals surface area contributed by atoms with Gasteiger partial charge in [-0.2, -0.15) is 0 Å². The van der Waals surface area contributed by atoms with Crippen LogP contribution in [0.1, 0.15) is 13.8 Å². The molecule has 1 aliphatic rings. The van der Waals surface area contributed by atoms with Crippen LogP contribution in [0, 0.1) is 0 Å². The molecule has 1 heterocycles. The molecule has 1 aliphatic heterocycles. The van der Waals surface area contributed by atoms with E-state index in [1.165, 1.54) is 0 Å². The molecule has 1 aromatic rings. The van der Waals surface area contributed by atoms with Crippen LogP contribution in [0.5, 0.6) is 11.5 Å². The van der Waals surface area contributed by atoms with Gasteiger partial charge in [-0.05, 0) is 25.2 Å². The fourth-order valence-electron chi connectivity index (χ4n) is 2.65.